The molecule has 0 unspecified atom stereocenters. The highest BCUT2D eigenvalue weighted by Gasteiger charge is 2.34. The van der Waals surface area contributed by atoms with Crippen LogP contribution < -0.4 is 20.3 Å². The van der Waals surface area contributed by atoms with Crippen LogP contribution in [0.25, 0.3) is 22.2 Å². The molecule has 2 aromatic heterocycles. The molecule has 12 nitrogen and oxygen atoms in total. The van der Waals surface area contributed by atoms with Crippen LogP contribution in [0.15, 0.2) is 55.3 Å². The molecule has 0 spiro atoms. The van der Waals surface area contributed by atoms with E-state index in [4.69, 9.17) is 14.7 Å². The van der Waals surface area contributed by atoms with Crippen molar-refractivity contribution in [3.63, 3.8) is 0 Å². The van der Waals surface area contributed by atoms with Gasteiger partial charge in [-0.2, -0.15) is 0 Å². The molecule has 45 heavy (non-hydrogen) atoms. The molecule has 0 atom stereocenters. The number of ether oxygens (including phenoxy) is 1. The lowest BCUT2D eigenvalue weighted by molar-refractivity contribution is -0.111. The van der Waals surface area contributed by atoms with E-state index in [9.17, 15) is 14.7 Å². The molecule has 1 aliphatic rings. The number of fused-ring (bicyclic) bond motifs is 1. The standard InChI is InChI=1S/C33H40N8O4/c1-8-28(42)34-23-15-24(27(45-7)16-26(23)40(5)14-13-38(2)3)35-33-36-30(20-17-39(4)18-20)29(32(43)44)31(37-33)22-19-41(6)25-12-10-9-11-21(22)25/h8-12,15-16,19-20H,1,13-14,17-18H2,2-7H3,(H,34,42)(H,43,44)(H,35,36,37). The van der Waals surface area contributed by atoms with E-state index in [-0.39, 0.29) is 23.3 Å². The number of para-hydroxylation sites is 1. The molecule has 3 heterocycles. The molecule has 3 N–H and O–H groups in total. The summed E-state index contributed by atoms with van der Waals surface area (Å²) in [7, 11) is 11.4. The first-order valence-corrected chi connectivity index (χ1v) is 14.7. The van der Waals surface area contributed by atoms with Gasteiger partial charge in [0.2, 0.25) is 11.9 Å². The van der Waals surface area contributed by atoms with Gasteiger partial charge in [0.05, 0.1) is 35.6 Å². The van der Waals surface area contributed by atoms with Gasteiger partial charge in [0, 0.05) is 74.9 Å². The Hall–Kier alpha value is -4.94. The Kier molecular flexibility index (Phi) is 9.07. The van der Waals surface area contributed by atoms with Crippen molar-refractivity contribution in [2.45, 2.75) is 5.92 Å². The summed E-state index contributed by atoms with van der Waals surface area (Å²) in [6.45, 7) is 6.46. The van der Waals surface area contributed by atoms with Gasteiger partial charge in [0.25, 0.3) is 0 Å². The summed E-state index contributed by atoms with van der Waals surface area (Å²) in [6.07, 6.45) is 3.12. The van der Waals surface area contributed by atoms with E-state index in [1.807, 2.05) is 81.2 Å². The van der Waals surface area contributed by atoms with Gasteiger partial charge in [-0.1, -0.05) is 24.8 Å². The summed E-state index contributed by atoms with van der Waals surface area (Å²) in [5.74, 6) is -0.784. The Morgan fingerprint density at radius 3 is 2.49 bits per heavy atom. The van der Waals surface area contributed by atoms with Gasteiger partial charge in [-0.15, -0.1) is 0 Å². The summed E-state index contributed by atoms with van der Waals surface area (Å²) in [5, 5.41) is 17.6. The molecule has 0 aliphatic carbocycles. The number of carbonyl (C=O) groups excluding carboxylic acids is 1. The number of aryl methyl sites for hydroxylation is 1. The molecule has 1 saturated heterocycles. The minimum Gasteiger partial charge on any atom is -0.494 e. The van der Waals surface area contributed by atoms with E-state index in [2.05, 4.69) is 27.0 Å². The third-order valence-electron chi connectivity index (χ3n) is 8.06. The first-order valence-electron chi connectivity index (χ1n) is 14.7. The average Bonchev–Trinajstić information content (AvgIpc) is 3.33. The van der Waals surface area contributed by atoms with Gasteiger partial charge in [0.1, 0.15) is 11.3 Å². The SMILES string of the molecule is C=CC(=O)Nc1cc(Nc2nc(-c3cn(C)c4ccccc34)c(C(=O)O)c(C3CN(C)C3)n2)c(OC)cc1N(C)CCN(C)C. The monoisotopic (exact) mass is 612 g/mol. The number of carboxylic acid groups (broad SMARTS) is 1. The lowest BCUT2D eigenvalue weighted by atomic mass is 9.91. The topological polar surface area (TPSA) is 128 Å². The van der Waals surface area contributed by atoms with Crippen molar-refractivity contribution in [1.82, 2.24) is 24.3 Å². The lowest BCUT2D eigenvalue weighted by Gasteiger charge is -2.36. The molecule has 2 aromatic carbocycles. The fraction of sp³-hybridized carbons (Fsp3) is 0.333. The molecule has 1 aliphatic heterocycles. The van der Waals surface area contributed by atoms with E-state index < -0.39 is 5.97 Å². The number of benzene rings is 2. The molecule has 1 fully saturated rings. The molecule has 5 rings (SSSR count). The van der Waals surface area contributed by atoms with Crippen molar-refractivity contribution >= 4 is 45.8 Å². The van der Waals surface area contributed by atoms with Gasteiger partial charge < -0.3 is 39.7 Å². The predicted octanol–water partition coefficient (Wildman–Crippen LogP) is 4.24. The predicted molar refractivity (Wildman–Crippen MR) is 178 cm³/mol. The molecule has 4 aromatic rings. The van der Waals surface area contributed by atoms with Crippen LogP contribution in [-0.2, 0) is 11.8 Å². The second kappa shape index (κ2) is 13.0. The number of aromatic carboxylic acids is 1. The van der Waals surface area contributed by atoms with Gasteiger partial charge in [-0.3, -0.25) is 4.79 Å². The molecular formula is C33H40N8O4. The zero-order valence-electron chi connectivity index (χ0n) is 26.6. The van der Waals surface area contributed by atoms with Crippen LogP contribution in [0.5, 0.6) is 5.75 Å². The smallest absolute Gasteiger partial charge is 0.339 e. The van der Waals surface area contributed by atoms with Crippen LogP contribution in [-0.4, -0.2) is 103 Å². The molecular weight excluding hydrogens is 572 g/mol. The number of aromatic nitrogens is 3. The van der Waals surface area contributed by atoms with Crippen molar-refractivity contribution in [3.8, 4) is 17.0 Å². The maximum Gasteiger partial charge on any atom is 0.339 e. The number of hydrogen-bond donors (Lipinski definition) is 3. The number of likely N-dealkylation sites (tertiary alicyclic amines) is 1. The van der Waals surface area contributed by atoms with E-state index in [1.54, 1.807) is 13.2 Å². The number of amides is 1. The molecule has 0 radical (unpaired) electrons. The number of carbonyl (C=O) groups is 2. The van der Waals surface area contributed by atoms with Crippen LogP contribution in [0, 0.1) is 0 Å². The number of nitrogens with one attached hydrogen (secondary N) is 2. The fourth-order valence-corrected chi connectivity index (χ4v) is 5.66. The number of anilines is 4. The van der Waals surface area contributed by atoms with Gasteiger partial charge in [0.15, 0.2) is 0 Å². The number of rotatable bonds is 12. The quantitative estimate of drug-likeness (QED) is 0.200. The lowest BCUT2D eigenvalue weighted by Crippen LogP contribution is -2.43. The zero-order chi connectivity index (χ0) is 32.4. The number of nitrogens with zero attached hydrogens (tertiary/aromatic N) is 6. The summed E-state index contributed by atoms with van der Waals surface area (Å²) < 4.78 is 7.75. The first-order chi connectivity index (χ1) is 21.5. The highest BCUT2D eigenvalue weighted by molar-refractivity contribution is 6.04. The maximum atomic E-state index is 12.8. The van der Waals surface area contributed by atoms with Crippen LogP contribution >= 0.6 is 0 Å². The highest BCUT2D eigenvalue weighted by atomic mass is 16.5. The Labute approximate surface area is 262 Å². The molecule has 1 amide bonds. The van der Waals surface area contributed by atoms with E-state index >= 15 is 0 Å². The molecule has 12 heteroatoms. The van der Waals surface area contributed by atoms with Crippen molar-refractivity contribution in [2.75, 3.05) is 77.0 Å². The van der Waals surface area contributed by atoms with Crippen LogP contribution in [0.1, 0.15) is 22.0 Å². The van der Waals surface area contributed by atoms with Gasteiger partial charge in [-0.05, 0) is 39.4 Å². The summed E-state index contributed by atoms with van der Waals surface area (Å²) in [4.78, 5) is 41.1. The summed E-state index contributed by atoms with van der Waals surface area (Å²) in [5.41, 5.74) is 4.37. The van der Waals surface area contributed by atoms with Crippen LogP contribution in [0.4, 0.5) is 23.0 Å². The number of methoxy groups -OCH3 is 1. The Balaban J connectivity index is 1.66. The summed E-state index contributed by atoms with van der Waals surface area (Å²) in [6, 6.07) is 11.4. The van der Waals surface area contributed by atoms with Crippen LogP contribution in [0.3, 0.4) is 0 Å². The second-order valence-corrected chi connectivity index (χ2v) is 11.7. The number of hydrogen-bond acceptors (Lipinski definition) is 9. The van der Waals surface area contributed by atoms with Gasteiger partial charge in [-0.25, -0.2) is 14.8 Å². The third kappa shape index (κ3) is 6.47. The normalized spacial score (nSPS) is 13.5. The second-order valence-electron chi connectivity index (χ2n) is 11.7. The minimum atomic E-state index is -1.08. The van der Waals surface area contributed by atoms with Gasteiger partial charge >= 0.3 is 5.97 Å². The fourth-order valence-electron chi connectivity index (χ4n) is 5.66. The third-order valence-corrected chi connectivity index (χ3v) is 8.06. The van der Waals surface area contributed by atoms with Crippen molar-refractivity contribution in [2.24, 2.45) is 7.05 Å². The van der Waals surface area contributed by atoms with Crippen molar-refractivity contribution in [3.05, 3.63) is 66.5 Å². The Morgan fingerprint density at radius 2 is 1.84 bits per heavy atom. The maximum absolute atomic E-state index is 12.8. The Morgan fingerprint density at radius 1 is 1.11 bits per heavy atom. The largest absolute Gasteiger partial charge is 0.494 e. The summed E-state index contributed by atoms with van der Waals surface area (Å²) >= 11 is 0. The molecule has 0 saturated carbocycles. The minimum absolute atomic E-state index is 0.0737. The Bertz CT molecular complexity index is 1760. The first kappa shape index (κ1) is 31.5. The van der Waals surface area contributed by atoms with Crippen LogP contribution in [0.2, 0.25) is 0 Å². The molecule has 0 bridgehead atoms. The molecule has 236 valence electrons. The van der Waals surface area contributed by atoms with E-state index in [0.717, 1.165) is 23.1 Å². The number of carboxylic acids is 1. The van der Waals surface area contributed by atoms with E-state index in [0.29, 0.717) is 53.7 Å². The zero-order valence-corrected chi connectivity index (χ0v) is 26.6. The van der Waals surface area contributed by atoms with Crippen molar-refractivity contribution < 1.29 is 19.4 Å². The van der Waals surface area contributed by atoms with E-state index in [1.165, 1.54) is 6.08 Å². The average molecular weight is 613 g/mol. The highest BCUT2D eigenvalue weighted by Crippen LogP contribution is 2.40. The van der Waals surface area contributed by atoms with Crippen molar-refractivity contribution in [1.29, 1.82) is 0 Å². The number of likely N-dealkylation sites (N-methyl/N-ethyl adjacent to an activating group) is 3.